The topological polar surface area (TPSA) is 12.0 Å². The fourth-order valence-electron chi connectivity index (χ4n) is 3.52. The summed E-state index contributed by atoms with van der Waals surface area (Å²) < 4.78 is 0. The molecule has 0 heterocycles. The SMILES string of the molecule is c1ccc(N[PH](c2ccccc2)(c2ccccc2)c2ccccc2)cc1. The maximum absolute atomic E-state index is 3.98. The van der Waals surface area contributed by atoms with Gasteiger partial charge in [0.05, 0.1) is 0 Å². The maximum atomic E-state index is 3.98. The molecule has 0 saturated heterocycles. The average Bonchev–Trinajstić information content (AvgIpc) is 2.75. The minimum absolute atomic E-state index is 1.15. The quantitative estimate of drug-likeness (QED) is 0.510. The molecule has 4 aromatic carbocycles. The molecule has 0 aromatic heterocycles. The fourth-order valence-corrected chi connectivity index (χ4v) is 7.63. The number of hydrogen-bond acceptors (Lipinski definition) is 1. The van der Waals surface area contributed by atoms with Crippen LogP contribution in [0.4, 0.5) is 5.69 Å². The van der Waals surface area contributed by atoms with E-state index in [0.29, 0.717) is 0 Å². The molecule has 128 valence electrons. The van der Waals surface area contributed by atoms with Crippen molar-refractivity contribution in [1.82, 2.24) is 0 Å². The summed E-state index contributed by atoms with van der Waals surface area (Å²) >= 11 is 0. The molecule has 0 amide bonds. The van der Waals surface area contributed by atoms with Gasteiger partial charge in [0.2, 0.25) is 0 Å². The second-order valence-electron chi connectivity index (χ2n) is 6.34. The molecule has 0 aliphatic heterocycles. The molecule has 0 fully saturated rings. The Morgan fingerprint density at radius 3 is 1.04 bits per heavy atom. The van der Waals surface area contributed by atoms with E-state index in [1.165, 1.54) is 15.9 Å². The van der Waals surface area contributed by atoms with Gasteiger partial charge in [-0.2, -0.15) is 0 Å². The van der Waals surface area contributed by atoms with Crippen LogP contribution >= 0.6 is 7.41 Å². The molecule has 4 aromatic rings. The van der Waals surface area contributed by atoms with Gasteiger partial charge in [0.25, 0.3) is 0 Å². The van der Waals surface area contributed by atoms with E-state index in [9.17, 15) is 0 Å². The molecule has 0 radical (unpaired) electrons. The van der Waals surface area contributed by atoms with Crippen molar-refractivity contribution in [2.45, 2.75) is 0 Å². The zero-order chi connectivity index (χ0) is 17.7. The summed E-state index contributed by atoms with van der Waals surface area (Å²) in [6.07, 6.45) is 0. The minimum atomic E-state index is -2.41. The standard InChI is InChI=1S/C24H22NP/c1-5-13-21(14-6-1)25-26(22-15-7-2-8-16-22,23-17-9-3-10-18-23)24-19-11-4-12-20-24/h1-20,25-26H. The number of benzene rings is 4. The van der Waals surface area contributed by atoms with Crippen LogP contribution in [0.1, 0.15) is 0 Å². The van der Waals surface area contributed by atoms with Crippen LogP contribution in [0.5, 0.6) is 0 Å². The van der Waals surface area contributed by atoms with Crippen LogP contribution in [-0.2, 0) is 0 Å². The average molecular weight is 355 g/mol. The van der Waals surface area contributed by atoms with Gasteiger partial charge < -0.3 is 0 Å². The summed E-state index contributed by atoms with van der Waals surface area (Å²) in [4.78, 5) is 0. The molecule has 2 heteroatoms. The number of para-hydroxylation sites is 1. The molecular formula is C24H22NP. The molecule has 0 saturated carbocycles. The second kappa shape index (κ2) is 7.56. The zero-order valence-electron chi connectivity index (χ0n) is 14.5. The molecule has 0 spiro atoms. The number of hydrogen-bond donors (Lipinski definition) is 1. The van der Waals surface area contributed by atoms with E-state index in [4.69, 9.17) is 0 Å². The Bertz CT molecular complexity index is 842. The van der Waals surface area contributed by atoms with Crippen molar-refractivity contribution >= 4 is 29.0 Å². The van der Waals surface area contributed by atoms with E-state index in [0.717, 1.165) is 5.69 Å². The van der Waals surface area contributed by atoms with Gasteiger partial charge in [0.15, 0.2) is 0 Å². The van der Waals surface area contributed by atoms with Crippen molar-refractivity contribution in [2.24, 2.45) is 0 Å². The number of rotatable bonds is 5. The van der Waals surface area contributed by atoms with Crippen LogP contribution in [0.3, 0.4) is 0 Å². The summed E-state index contributed by atoms with van der Waals surface area (Å²) in [6.45, 7) is 0. The van der Waals surface area contributed by atoms with Crippen molar-refractivity contribution in [3.8, 4) is 0 Å². The Labute approximate surface area is 155 Å². The molecule has 1 N–H and O–H groups in total. The Morgan fingerprint density at radius 2 is 0.692 bits per heavy atom. The van der Waals surface area contributed by atoms with Gasteiger partial charge in [-0.1, -0.05) is 0 Å². The predicted molar refractivity (Wildman–Crippen MR) is 117 cm³/mol. The van der Waals surface area contributed by atoms with E-state index in [1.54, 1.807) is 0 Å². The van der Waals surface area contributed by atoms with Gasteiger partial charge in [-0.15, -0.1) is 0 Å². The first-order chi connectivity index (χ1) is 12.9. The van der Waals surface area contributed by atoms with Crippen LogP contribution in [0.2, 0.25) is 0 Å². The molecule has 0 bridgehead atoms. The van der Waals surface area contributed by atoms with Crippen LogP contribution < -0.4 is 21.0 Å². The summed E-state index contributed by atoms with van der Waals surface area (Å²) in [6, 6.07) is 43.1. The first-order valence-corrected chi connectivity index (χ1v) is 10.9. The third kappa shape index (κ3) is 3.14. The summed E-state index contributed by atoms with van der Waals surface area (Å²) in [7, 11) is -2.41. The van der Waals surface area contributed by atoms with Crippen molar-refractivity contribution < 1.29 is 0 Å². The van der Waals surface area contributed by atoms with E-state index in [-0.39, 0.29) is 0 Å². The normalized spacial score (nSPS) is 11.7. The molecular weight excluding hydrogens is 333 g/mol. The molecule has 0 aliphatic carbocycles. The molecule has 26 heavy (non-hydrogen) atoms. The van der Waals surface area contributed by atoms with Crippen molar-refractivity contribution in [3.63, 3.8) is 0 Å². The number of anilines is 1. The summed E-state index contributed by atoms with van der Waals surface area (Å²) in [5.74, 6) is 0. The summed E-state index contributed by atoms with van der Waals surface area (Å²) in [5.41, 5.74) is 1.15. The first-order valence-electron chi connectivity index (χ1n) is 8.89. The Morgan fingerprint density at radius 1 is 0.385 bits per heavy atom. The fraction of sp³-hybridized carbons (Fsp3) is 0. The van der Waals surface area contributed by atoms with Gasteiger partial charge in [-0.25, -0.2) is 0 Å². The van der Waals surface area contributed by atoms with E-state index < -0.39 is 7.41 Å². The van der Waals surface area contributed by atoms with E-state index >= 15 is 0 Å². The van der Waals surface area contributed by atoms with Gasteiger partial charge in [0, 0.05) is 0 Å². The van der Waals surface area contributed by atoms with Gasteiger partial charge >= 0.3 is 155 Å². The van der Waals surface area contributed by atoms with Crippen LogP contribution in [0.25, 0.3) is 0 Å². The van der Waals surface area contributed by atoms with E-state index in [1.807, 2.05) is 0 Å². The van der Waals surface area contributed by atoms with Gasteiger partial charge in [-0.3, -0.25) is 0 Å². The first kappa shape index (κ1) is 16.6. The van der Waals surface area contributed by atoms with Crippen molar-refractivity contribution in [3.05, 3.63) is 121 Å². The predicted octanol–water partition coefficient (Wildman–Crippen LogP) is 4.74. The zero-order valence-corrected chi connectivity index (χ0v) is 15.5. The molecule has 0 unspecified atom stereocenters. The van der Waals surface area contributed by atoms with Crippen LogP contribution in [-0.4, -0.2) is 0 Å². The van der Waals surface area contributed by atoms with Gasteiger partial charge in [0.1, 0.15) is 0 Å². The van der Waals surface area contributed by atoms with Crippen LogP contribution in [0.15, 0.2) is 121 Å². The Hall–Kier alpha value is -2.89. The second-order valence-corrected chi connectivity index (χ2v) is 9.82. The molecule has 0 aliphatic rings. The Kier molecular flexibility index (Phi) is 4.82. The van der Waals surface area contributed by atoms with E-state index in [2.05, 4.69) is 126 Å². The number of nitrogens with one attached hydrogen (secondary N) is 1. The third-order valence-electron chi connectivity index (χ3n) is 4.73. The van der Waals surface area contributed by atoms with Crippen molar-refractivity contribution in [2.75, 3.05) is 5.09 Å². The molecule has 1 nitrogen and oxygen atoms in total. The van der Waals surface area contributed by atoms with Crippen LogP contribution in [0, 0.1) is 0 Å². The Balaban J connectivity index is 2.00. The van der Waals surface area contributed by atoms with Gasteiger partial charge in [-0.05, 0) is 0 Å². The monoisotopic (exact) mass is 355 g/mol. The molecule has 4 rings (SSSR count). The third-order valence-corrected chi connectivity index (χ3v) is 8.99. The summed E-state index contributed by atoms with van der Waals surface area (Å²) in [5, 5.41) is 8.03. The van der Waals surface area contributed by atoms with Crippen molar-refractivity contribution in [1.29, 1.82) is 0 Å². The molecule has 0 atom stereocenters.